The molecule has 1 saturated heterocycles. The molecule has 0 aromatic heterocycles. The van der Waals surface area contributed by atoms with Gasteiger partial charge in [-0.05, 0) is 104 Å². The van der Waals surface area contributed by atoms with Crippen molar-refractivity contribution in [1.29, 1.82) is 0 Å². The molecule has 1 amide bonds. The van der Waals surface area contributed by atoms with E-state index in [1.807, 2.05) is 53.4 Å². The number of hydrogen-bond donors (Lipinski definition) is 1. The van der Waals surface area contributed by atoms with Crippen LogP contribution in [0.25, 0.3) is 0 Å². The van der Waals surface area contributed by atoms with Gasteiger partial charge in [-0.1, -0.05) is 31.4 Å². The number of carboxylic acid groups (broad SMARTS) is 1. The summed E-state index contributed by atoms with van der Waals surface area (Å²) in [6.45, 7) is 1.65. The summed E-state index contributed by atoms with van der Waals surface area (Å²) in [6, 6.07) is 20.7. The lowest BCUT2D eigenvalue weighted by atomic mass is 9.72. The summed E-state index contributed by atoms with van der Waals surface area (Å²) < 4.78 is 11.9. The first-order valence-corrected chi connectivity index (χ1v) is 15.3. The number of ether oxygens (including phenoxy) is 2. The lowest BCUT2D eigenvalue weighted by Gasteiger charge is -2.34. The molecule has 1 saturated carbocycles. The lowest BCUT2D eigenvalue weighted by Crippen LogP contribution is -2.38. The van der Waals surface area contributed by atoms with Crippen molar-refractivity contribution in [2.75, 3.05) is 19.7 Å². The van der Waals surface area contributed by atoms with Crippen molar-refractivity contribution in [3.05, 3.63) is 83.4 Å². The Hall–Kier alpha value is -4.13. The van der Waals surface area contributed by atoms with E-state index in [0.717, 1.165) is 54.9 Å². The molecule has 1 atom stereocenters. The van der Waals surface area contributed by atoms with Crippen molar-refractivity contribution < 1.29 is 24.2 Å². The van der Waals surface area contributed by atoms with Gasteiger partial charge in [0.2, 0.25) is 0 Å². The molecule has 42 heavy (non-hydrogen) atoms. The van der Waals surface area contributed by atoms with Gasteiger partial charge < -0.3 is 19.5 Å². The summed E-state index contributed by atoms with van der Waals surface area (Å²) in [6.07, 6.45) is 10.4. The number of likely N-dealkylation sites (tertiary alicyclic amines) is 1. The molecular formula is C35H38N2O5. The number of piperidine rings is 1. The van der Waals surface area contributed by atoms with E-state index in [4.69, 9.17) is 14.5 Å². The molecule has 0 radical (unpaired) electrons. The number of rotatable bonds is 8. The minimum absolute atomic E-state index is 0.0237. The van der Waals surface area contributed by atoms with E-state index in [-0.39, 0.29) is 18.1 Å². The van der Waals surface area contributed by atoms with Gasteiger partial charge in [-0.2, -0.15) is 0 Å². The van der Waals surface area contributed by atoms with Crippen LogP contribution in [0.5, 0.6) is 17.2 Å². The van der Waals surface area contributed by atoms with Crippen LogP contribution in [-0.2, 0) is 11.2 Å². The molecule has 7 heteroatoms. The Kier molecular flexibility index (Phi) is 8.54. The maximum Gasteiger partial charge on any atom is 0.335 e. The van der Waals surface area contributed by atoms with Crippen LogP contribution in [0, 0.1) is 11.8 Å². The van der Waals surface area contributed by atoms with Crippen molar-refractivity contribution in [2.45, 2.75) is 57.8 Å². The highest BCUT2D eigenvalue weighted by Gasteiger charge is 2.32. The molecule has 2 fully saturated rings. The van der Waals surface area contributed by atoms with Crippen molar-refractivity contribution in [2.24, 2.45) is 16.8 Å². The average Bonchev–Trinajstić information content (AvgIpc) is 3.04. The summed E-state index contributed by atoms with van der Waals surface area (Å²) in [4.78, 5) is 31.0. The number of aromatic carboxylic acids is 1. The van der Waals surface area contributed by atoms with Crippen LogP contribution in [-0.4, -0.2) is 47.3 Å². The normalized spacial score (nSPS) is 19.0. The highest BCUT2D eigenvalue weighted by atomic mass is 16.5. The summed E-state index contributed by atoms with van der Waals surface area (Å²) >= 11 is 0. The molecule has 6 rings (SSSR count). The van der Waals surface area contributed by atoms with Gasteiger partial charge in [0.05, 0.1) is 17.0 Å². The molecule has 218 valence electrons. The molecule has 1 aliphatic carbocycles. The first-order chi connectivity index (χ1) is 20.5. The molecule has 3 aromatic rings. The molecule has 2 aliphatic heterocycles. The van der Waals surface area contributed by atoms with E-state index in [1.165, 1.54) is 38.5 Å². The number of fused-ring (bicyclic) bond motifs is 1. The van der Waals surface area contributed by atoms with Gasteiger partial charge in [-0.3, -0.25) is 9.79 Å². The summed E-state index contributed by atoms with van der Waals surface area (Å²) in [5.41, 5.74) is 4.22. The largest absolute Gasteiger partial charge is 0.484 e. The number of benzene rings is 3. The number of amides is 1. The molecule has 2 heterocycles. The zero-order chi connectivity index (χ0) is 28.9. The predicted molar refractivity (Wildman–Crippen MR) is 162 cm³/mol. The fourth-order valence-electron chi connectivity index (χ4n) is 6.56. The molecule has 0 bridgehead atoms. The van der Waals surface area contributed by atoms with E-state index < -0.39 is 5.97 Å². The second kappa shape index (κ2) is 12.8. The average molecular weight is 567 g/mol. The quantitative estimate of drug-likeness (QED) is 0.306. The van der Waals surface area contributed by atoms with Crippen LogP contribution in [0.4, 0.5) is 5.69 Å². The van der Waals surface area contributed by atoms with E-state index in [9.17, 15) is 14.7 Å². The molecule has 3 aromatic carbocycles. The highest BCUT2D eigenvalue weighted by molar-refractivity contribution is 6.05. The van der Waals surface area contributed by atoms with Crippen LogP contribution in [0.1, 0.15) is 72.9 Å². The van der Waals surface area contributed by atoms with E-state index in [1.54, 1.807) is 18.2 Å². The fourth-order valence-corrected chi connectivity index (χ4v) is 6.56. The van der Waals surface area contributed by atoms with Gasteiger partial charge >= 0.3 is 5.97 Å². The first kappa shape index (κ1) is 28.0. The van der Waals surface area contributed by atoms with Gasteiger partial charge in [-0.25, -0.2) is 4.79 Å². The SMILES string of the molecule is O=C(O)c1ccc2c(c1)N=C(c1ccc(Oc3cccc(OCC(=O)N4CCCCC4)c3)cc1)[C@@H](C1CCCCC1)C2. The van der Waals surface area contributed by atoms with Gasteiger partial charge in [0, 0.05) is 25.1 Å². The van der Waals surface area contributed by atoms with Crippen LogP contribution in [0.15, 0.2) is 71.7 Å². The zero-order valence-corrected chi connectivity index (χ0v) is 24.0. The Morgan fingerprint density at radius 3 is 2.33 bits per heavy atom. The molecule has 7 nitrogen and oxygen atoms in total. The van der Waals surface area contributed by atoms with Crippen molar-refractivity contribution in [3.63, 3.8) is 0 Å². The van der Waals surface area contributed by atoms with Crippen molar-refractivity contribution >= 4 is 23.3 Å². The maximum atomic E-state index is 12.5. The summed E-state index contributed by atoms with van der Waals surface area (Å²) in [7, 11) is 0. The smallest absolute Gasteiger partial charge is 0.335 e. The highest BCUT2D eigenvalue weighted by Crippen LogP contribution is 2.40. The third-order valence-electron chi connectivity index (χ3n) is 8.85. The molecular weight excluding hydrogens is 528 g/mol. The number of carbonyl (C=O) groups excluding carboxylic acids is 1. The van der Waals surface area contributed by atoms with E-state index >= 15 is 0 Å². The number of aliphatic imine (C=N–C) groups is 1. The van der Waals surface area contributed by atoms with Crippen molar-refractivity contribution in [1.82, 2.24) is 4.90 Å². The van der Waals surface area contributed by atoms with Crippen LogP contribution >= 0.6 is 0 Å². The fraction of sp³-hybridized carbons (Fsp3) is 0.400. The topological polar surface area (TPSA) is 88.4 Å². The summed E-state index contributed by atoms with van der Waals surface area (Å²) in [5, 5.41) is 9.52. The van der Waals surface area contributed by atoms with Crippen molar-refractivity contribution in [3.8, 4) is 17.2 Å². The van der Waals surface area contributed by atoms with E-state index in [2.05, 4.69) is 0 Å². The minimum atomic E-state index is -0.937. The van der Waals surface area contributed by atoms with Crippen LogP contribution in [0.3, 0.4) is 0 Å². The number of carbonyl (C=O) groups is 2. The van der Waals surface area contributed by atoms with Gasteiger partial charge in [0.1, 0.15) is 17.2 Å². The number of hydrogen-bond acceptors (Lipinski definition) is 5. The standard InChI is InChI=1S/C35H38N2O5/c38-33(37-18-5-2-6-19-37)23-41-29-10-7-11-30(22-29)42-28-16-14-25(15-17-28)34-31(24-8-3-1-4-9-24)20-26-12-13-27(35(39)40)21-32(26)36-34/h7,10-17,21-22,24,31H,1-6,8-9,18-20,23H2,(H,39,40)/t31-/m1/s1. The molecule has 0 spiro atoms. The van der Waals surface area contributed by atoms with Gasteiger partial charge in [0.15, 0.2) is 6.61 Å². The Morgan fingerprint density at radius 2 is 1.57 bits per heavy atom. The molecule has 0 unspecified atom stereocenters. The van der Waals surface area contributed by atoms with Gasteiger partial charge in [-0.15, -0.1) is 0 Å². The van der Waals surface area contributed by atoms with Crippen LogP contribution in [0.2, 0.25) is 0 Å². The lowest BCUT2D eigenvalue weighted by molar-refractivity contribution is -0.134. The Bertz CT molecular complexity index is 1450. The first-order valence-electron chi connectivity index (χ1n) is 15.3. The second-order valence-electron chi connectivity index (χ2n) is 11.7. The van der Waals surface area contributed by atoms with Gasteiger partial charge in [0.25, 0.3) is 5.91 Å². The van der Waals surface area contributed by atoms with Crippen LogP contribution < -0.4 is 9.47 Å². The second-order valence-corrected chi connectivity index (χ2v) is 11.7. The Labute approximate surface area is 247 Å². The predicted octanol–water partition coefficient (Wildman–Crippen LogP) is 7.44. The Morgan fingerprint density at radius 1 is 0.833 bits per heavy atom. The Balaban J connectivity index is 1.17. The third kappa shape index (κ3) is 6.51. The third-order valence-corrected chi connectivity index (χ3v) is 8.85. The number of carboxylic acids is 1. The number of nitrogens with zero attached hydrogens (tertiary/aromatic N) is 2. The summed E-state index contributed by atoms with van der Waals surface area (Å²) in [5.74, 6) is 1.90. The zero-order valence-electron chi connectivity index (χ0n) is 24.0. The maximum absolute atomic E-state index is 12.5. The molecule has 1 N–H and O–H groups in total. The van der Waals surface area contributed by atoms with E-state index in [0.29, 0.717) is 29.1 Å². The molecule has 3 aliphatic rings. The minimum Gasteiger partial charge on any atom is -0.484 e. The monoisotopic (exact) mass is 566 g/mol.